The lowest BCUT2D eigenvalue weighted by molar-refractivity contribution is -0.143. The van der Waals surface area contributed by atoms with Crippen molar-refractivity contribution in [3.8, 4) is 0 Å². The monoisotopic (exact) mass is 311 g/mol. The summed E-state index contributed by atoms with van der Waals surface area (Å²) in [6.07, 6.45) is -3.82. The maximum Gasteiger partial charge on any atom is 0.418 e. The second kappa shape index (κ2) is 5.48. The molecule has 0 spiro atoms. The Bertz CT molecular complexity index is 421. The lowest BCUT2D eigenvalue weighted by Crippen LogP contribution is -2.15. The van der Waals surface area contributed by atoms with Crippen molar-refractivity contribution in [2.45, 2.75) is 19.5 Å². The summed E-state index contributed by atoms with van der Waals surface area (Å²) in [5.41, 5.74) is -1.26. The molecule has 7 heteroatoms. The van der Waals surface area contributed by atoms with Crippen LogP contribution in [-0.2, 0) is 22.1 Å². The number of carbonyl (C=O) groups is 1. The highest BCUT2D eigenvalue weighted by Gasteiger charge is 2.34. The first-order valence-corrected chi connectivity index (χ1v) is 5.51. The predicted molar refractivity (Wildman–Crippen MR) is 57.3 cm³/mol. The summed E-state index contributed by atoms with van der Waals surface area (Å²) in [7, 11) is 0. The van der Waals surface area contributed by atoms with E-state index in [0.717, 1.165) is 6.07 Å². The van der Waals surface area contributed by atoms with Crippen LogP contribution in [0, 0.1) is 0 Å². The number of ether oxygens (including phenoxy) is 1. The number of carbonyl (C=O) groups excluding carboxylic acids is 1. The fourth-order valence-corrected chi connectivity index (χ4v) is 1.53. The first kappa shape index (κ1) is 14.0. The zero-order valence-electron chi connectivity index (χ0n) is 8.84. The standard InChI is InChI=1S/C10H9BrF3NO2/c1-2-17-9(16)4-8-7(10(12,13)14)3-6(11)5-15-8/h3,5H,2,4H2,1H3. The van der Waals surface area contributed by atoms with Crippen LogP contribution in [0.3, 0.4) is 0 Å². The highest BCUT2D eigenvalue weighted by atomic mass is 79.9. The minimum Gasteiger partial charge on any atom is -0.466 e. The second-order valence-corrected chi connectivity index (χ2v) is 4.04. The molecule has 0 saturated carbocycles. The molecular weight excluding hydrogens is 303 g/mol. The molecule has 0 atom stereocenters. The van der Waals surface area contributed by atoms with Gasteiger partial charge < -0.3 is 4.74 Å². The fourth-order valence-electron chi connectivity index (χ4n) is 1.20. The number of nitrogens with zero attached hydrogens (tertiary/aromatic N) is 1. The van der Waals surface area contributed by atoms with E-state index in [2.05, 4.69) is 25.7 Å². The van der Waals surface area contributed by atoms with Gasteiger partial charge in [0.05, 0.1) is 24.3 Å². The molecular formula is C10H9BrF3NO2. The van der Waals surface area contributed by atoms with Gasteiger partial charge in [0.25, 0.3) is 0 Å². The molecule has 0 fully saturated rings. The molecule has 1 heterocycles. The number of hydrogen-bond acceptors (Lipinski definition) is 3. The number of rotatable bonds is 3. The molecule has 94 valence electrons. The molecule has 0 N–H and O–H groups in total. The number of pyridine rings is 1. The van der Waals surface area contributed by atoms with E-state index in [1.54, 1.807) is 6.92 Å². The van der Waals surface area contributed by atoms with Gasteiger partial charge in [-0.1, -0.05) is 0 Å². The van der Waals surface area contributed by atoms with E-state index in [4.69, 9.17) is 0 Å². The number of hydrogen-bond donors (Lipinski definition) is 0. The molecule has 3 nitrogen and oxygen atoms in total. The molecule has 0 bridgehead atoms. The largest absolute Gasteiger partial charge is 0.466 e. The predicted octanol–water partition coefficient (Wildman–Crippen LogP) is 2.97. The Hall–Kier alpha value is -1.11. The first-order chi connectivity index (χ1) is 7.84. The minimum atomic E-state index is -4.54. The van der Waals surface area contributed by atoms with E-state index >= 15 is 0 Å². The van der Waals surface area contributed by atoms with Gasteiger partial charge in [-0.05, 0) is 28.9 Å². The van der Waals surface area contributed by atoms with Crippen molar-refractivity contribution >= 4 is 21.9 Å². The molecule has 0 amide bonds. The summed E-state index contributed by atoms with van der Waals surface area (Å²) >= 11 is 2.91. The molecule has 0 aromatic carbocycles. The molecule has 17 heavy (non-hydrogen) atoms. The molecule has 1 rings (SSSR count). The van der Waals surface area contributed by atoms with Crippen LogP contribution in [0.2, 0.25) is 0 Å². The summed E-state index contributed by atoms with van der Waals surface area (Å²) in [6, 6.07) is 0.890. The Kier molecular flexibility index (Phi) is 4.50. The van der Waals surface area contributed by atoms with Gasteiger partial charge in [-0.2, -0.15) is 13.2 Å². The average molecular weight is 312 g/mol. The topological polar surface area (TPSA) is 39.2 Å². The van der Waals surface area contributed by atoms with Crippen molar-refractivity contribution in [1.82, 2.24) is 4.98 Å². The van der Waals surface area contributed by atoms with Crippen LogP contribution in [0.5, 0.6) is 0 Å². The molecule has 0 radical (unpaired) electrons. The molecule has 0 saturated heterocycles. The fraction of sp³-hybridized carbons (Fsp3) is 0.400. The average Bonchev–Trinajstić information content (AvgIpc) is 2.19. The van der Waals surface area contributed by atoms with Crippen molar-refractivity contribution in [3.05, 3.63) is 28.0 Å². The lowest BCUT2D eigenvalue weighted by atomic mass is 10.1. The van der Waals surface area contributed by atoms with Crippen LogP contribution in [0.4, 0.5) is 13.2 Å². The van der Waals surface area contributed by atoms with Crippen LogP contribution in [0.25, 0.3) is 0 Å². The summed E-state index contributed by atoms with van der Waals surface area (Å²) in [5, 5.41) is 0. The summed E-state index contributed by atoms with van der Waals surface area (Å²) < 4.78 is 42.7. The van der Waals surface area contributed by atoms with Gasteiger partial charge >= 0.3 is 12.1 Å². The zero-order chi connectivity index (χ0) is 13.1. The highest BCUT2D eigenvalue weighted by molar-refractivity contribution is 9.10. The normalized spacial score (nSPS) is 11.4. The Morgan fingerprint density at radius 1 is 1.53 bits per heavy atom. The van der Waals surface area contributed by atoms with E-state index in [-0.39, 0.29) is 16.8 Å². The third-order valence-corrected chi connectivity index (χ3v) is 2.29. The molecule has 0 unspecified atom stereocenters. The van der Waals surface area contributed by atoms with Gasteiger partial charge in [0, 0.05) is 10.7 Å². The number of halogens is 4. The molecule has 1 aromatic heterocycles. The molecule has 1 aromatic rings. The SMILES string of the molecule is CCOC(=O)Cc1ncc(Br)cc1C(F)(F)F. The smallest absolute Gasteiger partial charge is 0.418 e. The molecule has 0 aliphatic heterocycles. The van der Waals surface area contributed by atoms with Gasteiger partial charge in [0.2, 0.25) is 0 Å². The van der Waals surface area contributed by atoms with Crippen molar-refractivity contribution in [1.29, 1.82) is 0 Å². The first-order valence-electron chi connectivity index (χ1n) is 4.71. The summed E-state index contributed by atoms with van der Waals surface area (Å²) in [5.74, 6) is -0.729. The third kappa shape index (κ3) is 3.99. The van der Waals surface area contributed by atoms with Crippen molar-refractivity contribution in [2.24, 2.45) is 0 Å². The highest BCUT2D eigenvalue weighted by Crippen LogP contribution is 2.33. The van der Waals surface area contributed by atoms with Crippen molar-refractivity contribution < 1.29 is 22.7 Å². The van der Waals surface area contributed by atoms with Crippen LogP contribution in [-0.4, -0.2) is 17.6 Å². The lowest BCUT2D eigenvalue weighted by Gasteiger charge is -2.11. The minimum absolute atomic E-state index is 0.122. The van der Waals surface area contributed by atoms with Crippen molar-refractivity contribution in [3.63, 3.8) is 0 Å². The maximum absolute atomic E-state index is 12.7. The van der Waals surface area contributed by atoms with Gasteiger partial charge in [-0.3, -0.25) is 9.78 Å². The van der Waals surface area contributed by atoms with E-state index < -0.39 is 24.1 Å². The van der Waals surface area contributed by atoms with E-state index in [1.807, 2.05) is 0 Å². The van der Waals surface area contributed by atoms with Gasteiger partial charge in [-0.15, -0.1) is 0 Å². The van der Waals surface area contributed by atoms with Crippen LogP contribution < -0.4 is 0 Å². The Morgan fingerprint density at radius 3 is 2.71 bits per heavy atom. The van der Waals surface area contributed by atoms with Crippen LogP contribution in [0.15, 0.2) is 16.7 Å². The summed E-state index contributed by atoms with van der Waals surface area (Å²) in [4.78, 5) is 14.7. The van der Waals surface area contributed by atoms with E-state index in [1.165, 1.54) is 6.20 Å². The third-order valence-electron chi connectivity index (χ3n) is 1.86. The summed E-state index contributed by atoms with van der Waals surface area (Å²) in [6.45, 7) is 1.70. The molecule has 0 aliphatic carbocycles. The zero-order valence-corrected chi connectivity index (χ0v) is 10.4. The molecule has 0 aliphatic rings. The van der Waals surface area contributed by atoms with E-state index in [0.29, 0.717) is 0 Å². The number of esters is 1. The van der Waals surface area contributed by atoms with Gasteiger partial charge in [-0.25, -0.2) is 0 Å². The van der Waals surface area contributed by atoms with Gasteiger partial charge in [0.1, 0.15) is 0 Å². The van der Waals surface area contributed by atoms with Crippen LogP contribution in [0.1, 0.15) is 18.2 Å². The van der Waals surface area contributed by atoms with Crippen molar-refractivity contribution in [2.75, 3.05) is 6.61 Å². The van der Waals surface area contributed by atoms with Gasteiger partial charge in [0.15, 0.2) is 0 Å². The maximum atomic E-state index is 12.7. The Balaban J connectivity index is 3.03. The Morgan fingerprint density at radius 2 is 2.18 bits per heavy atom. The Labute approximate surface area is 104 Å². The number of alkyl halides is 3. The number of aromatic nitrogens is 1. The second-order valence-electron chi connectivity index (χ2n) is 3.13. The van der Waals surface area contributed by atoms with E-state index in [9.17, 15) is 18.0 Å². The van der Waals surface area contributed by atoms with Crippen LogP contribution >= 0.6 is 15.9 Å². The quantitative estimate of drug-likeness (QED) is 0.806.